The quantitative estimate of drug-likeness (QED) is 0.745. The minimum absolute atomic E-state index is 0.0793. The summed E-state index contributed by atoms with van der Waals surface area (Å²) in [6, 6.07) is 15.7. The number of fused-ring (bicyclic) bond motifs is 1. The van der Waals surface area contributed by atoms with Gasteiger partial charge < -0.3 is 15.0 Å². The van der Waals surface area contributed by atoms with Crippen LogP contribution < -0.4 is 10.1 Å². The molecule has 1 N–H and O–H groups in total. The molecule has 2 heterocycles. The molecule has 5 nitrogen and oxygen atoms in total. The Bertz CT molecular complexity index is 991. The lowest BCUT2D eigenvalue weighted by Crippen LogP contribution is -2.37. The first-order valence-electron chi connectivity index (χ1n) is 8.97. The summed E-state index contributed by atoms with van der Waals surface area (Å²) in [4.78, 5) is 18.6. The van der Waals surface area contributed by atoms with Gasteiger partial charge in [-0.15, -0.1) is 0 Å². The van der Waals surface area contributed by atoms with Crippen LogP contribution in [0.5, 0.6) is 5.75 Å². The number of rotatable bonds is 3. The summed E-state index contributed by atoms with van der Waals surface area (Å²) in [5, 5.41) is 5.04. The lowest BCUT2D eigenvalue weighted by Gasteiger charge is -2.27. The summed E-state index contributed by atoms with van der Waals surface area (Å²) in [5.41, 5.74) is 3.25. The number of pyridine rings is 1. The predicted molar refractivity (Wildman–Crippen MR) is 108 cm³/mol. The lowest BCUT2D eigenvalue weighted by atomic mass is 9.99. The molecule has 0 radical (unpaired) electrons. The maximum Gasteiger partial charge on any atom is 0.322 e. The minimum Gasteiger partial charge on any atom is -0.497 e. The van der Waals surface area contributed by atoms with Gasteiger partial charge in [-0.05, 0) is 41.8 Å². The molecule has 0 bridgehead atoms. The Morgan fingerprint density at radius 1 is 1.15 bits per heavy atom. The van der Waals surface area contributed by atoms with Gasteiger partial charge in [-0.25, -0.2) is 4.79 Å². The van der Waals surface area contributed by atoms with E-state index in [2.05, 4.69) is 28.5 Å². The van der Waals surface area contributed by atoms with Gasteiger partial charge in [-0.2, -0.15) is 0 Å². The molecule has 0 spiro atoms. The van der Waals surface area contributed by atoms with E-state index in [-0.39, 0.29) is 6.03 Å². The number of nitrogens with zero attached hydrogens (tertiary/aromatic N) is 2. The number of anilines is 1. The van der Waals surface area contributed by atoms with Crippen LogP contribution >= 0.6 is 0 Å². The van der Waals surface area contributed by atoms with E-state index < -0.39 is 0 Å². The number of hydrogen-bond donors (Lipinski definition) is 1. The highest BCUT2D eigenvalue weighted by Gasteiger charge is 2.18. The van der Waals surface area contributed by atoms with Gasteiger partial charge in [0, 0.05) is 36.3 Å². The maximum absolute atomic E-state index is 12.7. The highest BCUT2D eigenvalue weighted by atomic mass is 16.5. The van der Waals surface area contributed by atoms with E-state index in [0.29, 0.717) is 13.1 Å². The Balaban J connectivity index is 1.45. The van der Waals surface area contributed by atoms with Gasteiger partial charge in [0.05, 0.1) is 12.8 Å². The molecule has 0 fully saturated rings. The van der Waals surface area contributed by atoms with Crippen molar-refractivity contribution in [2.24, 2.45) is 0 Å². The van der Waals surface area contributed by atoms with E-state index in [1.807, 2.05) is 41.3 Å². The molecule has 1 aliphatic rings. The highest BCUT2D eigenvalue weighted by molar-refractivity contribution is 6.01. The van der Waals surface area contributed by atoms with Crippen molar-refractivity contribution in [3.8, 4) is 5.75 Å². The van der Waals surface area contributed by atoms with Crippen molar-refractivity contribution in [2.75, 3.05) is 25.5 Å². The van der Waals surface area contributed by atoms with E-state index in [9.17, 15) is 4.79 Å². The van der Waals surface area contributed by atoms with E-state index in [1.165, 1.54) is 11.1 Å². The normalized spacial score (nSPS) is 14.0. The second-order valence-electron chi connectivity index (χ2n) is 6.49. The summed E-state index contributed by atoms with van der Waals surface area (Å²) in [7, 11) is 1.66. The van der Waals surface area contributed by atoms with Gasteiger partial charge in [0.1, 0.15) is 5.75 Å². The number of amides is 2. The zero-order valence-corrected chi connectivity index (χ0v) is 15.2. The third-order valence-corrected chi connectivity index (χ3v) is 4.88. The number of aromatic nitrogens is 1. The molecular formula is C22H21N3O2. The van der Waals surface area contributed by atoms with E-state index >= 15 is 0 Å². The number of benzene rings is 2. The van der Waals surface area contributed by atoms with E-state index in [4.69, 9.17) is 4.74 Å². The predicted octanol–water partition coefficient (Wildman–Crippen LogP) is 4.56. The number of methoxy groups -OCH3 is 1. The number of carbonyl (C=O) groups is 1. The van der Waals surface area contributed by atoms with Crippen molar-refractivity contribution in [1.29, 1.82) is 0 Å². The first-order chi connectivity index (χ1) is 13.2. The third-order valence-electron chi connectivity index (χ3n) is 4.88. The molecule has 0 unspecified atom stereocenters. The van der Waals surface area contributed by atoms with Gasteiger partial charge in [0.15, 0.2) is 0 Å². The molecule has 4 rings (SSSR count). The summed E-state index contributed by atoms with van der Waals surface area (Å²) < 4.78 is 5.21. The first-order valence-corrected chi connectivity index (χ1v) is 8.97. The third kappa shape index (κ3) is 3.62. The first kappa shape index (κ1) is 17.1. The molecule has 2 amide bonds. The van der Waals surface area contributed by atoms with Gasteiger partial charge in [0.25, 0.3) is 0 Å². The number of nitrogens with one attached hydrogen (secondary N) is 1. The fourth-order valence-corrected chi connectivity index (χ4v) is 3.35. The van der Waals surface area contributed by atoms with Crippen molar-refractivity contribution in [1.82, 2.24) is 9.88 Å². The number of hydrogen-bond acceptors (Lipinski definition) is 3. The van der Waals surface area contributed by atoms with Crippen molar-refractivity contribution >= 4 is 28.1 Å². The fraction of sp³-hybridized carbons (Fsp3) is 0.182. The van der Waals surface area contributed by atoms with Crippen LogP contribution in [-0.4, -0.2) is 36.1 Å². The standard InChI is InChI=1S/C22H21N3O2/c1-27-19-7-5-16(6-8-19)17-10-13-25(14-11-17)22(26)24-21-4-2-3-18-15-23-12-9-20(18)21/h2-10,12,15H,11,13-14H2,1H3,(H,24,26). The van der Waals surface area contributed by atoms with Crippen molar-refractivity contribution in [3.05, 3.63) is 72.6 Å². The number of urea groups is 1. The summed E-state index contributed by atoms with van der Waals surface area (Å²) >= 11 is 0. The zero-order valence-electron chi connectivity index (χ0n) is 15.2. The average Bonchev–Trinajstić information content (AvgIpc) is 2.74. The second kappa shape index (κ2) is 7.50. The second-order valence-corrected chi connectivity index (χ2v) is 6.49. The van der Waals surface area contributed by atoms with Crippen LogP contribution in [0.15, 0.2) is 67.0 Å². The Hall–Kier alpha value is -3.34. The molecule has 0 atom stereocenters. The summed E-state index contributed by atoms with van der Waals surface area (Å²) in [6.07, 6.45) is 6.50. The zero-order chi connectivity index (χ0) is 18.6. The van der Waals surface area contributed by atoms with Crippen LogP contribution in [0.25, 0.3) is 16.3 Å². The van der Waals surface area contributed by atoms with Crippen LogP contribution in [0.1, 0.15) is 12.0 Å². The molecule has 0 saturated carbocycles. The Morgan fingerprint density at radius 2 is 2.00 bits per heavy atom. The Kier molecular flexibility index (Phi) is 4.75. The van der Waals surface area contributed by atoms with E-state index in [0.717, 1.165) is 28.6 Å². The maximum atomic E-state index is 12.7. The van der Waals surface area contributed by atoms with Crippen LogP contribution in [0.4, 0.5) is 10.5 Å². The average molecular weight is 359 g/mol. The molecule has 3 aromatic rings. The topological polar surface area (TPSA) is 54.5 Å². The summed E-state index contributed by atoms with van der Waals surface area (Å²) in [5.74, 6) is 0.849. The molecule has 0 saturated heterocycles. The molecule has 1 aliphatic heterocycles. The summed E-state index contributed by atoms with van der Waals surface area (Å²) in [6.45, 7) is 1.29. The van der Waals surface area contributed by atoms with Crippen molar-refractivity contribution in [2.45, 2.75) is 6.42 Å². The van der Waals surface area contributed by atoms with Crippen molar-refractivity contribution in [3.63, 3.8) is 0 Å². The monoisotopic (exact) mass is 359 g/mol. The largest absolute Gasteiger partial charge is 0.497 e. The minimum atomic E-state index is -0.0793. The van der Waals surface area contributed by atoms with Gasteiger partial charge >= 0.3 is 6.03 Å². The van der Waals surface area contributed by atoms with Gasteiger partial charge in [-0.3, -0.25) is 4.98 Å². The Labute approximate surface area is 158 Å². The molecule has 27 heavy (non-hydrogen) atoms. The van der Waals surface area contributed by atoms with Gasteiger partial charge in [0.2, 0.25) is 0 Å². The molecule has 136 valence electrons. The van der Waals surface area contributed by atoms with Crippen LogP contribution in [-0.2, 0) is 0 Å². The Morgan fingerprint density at radius 3 is 2.74 bits per heavy atom. The van der Waals surface area contributed by atoms with Crippen LogP contribution in [0.2, 0.25) is 0 Å². The number of ether oxygens (including phenoxy) is 1. The van der Waals surface area contributed by atoms with Crippen molar-refractivity contribution < 1.29 is 9.53 Å². The molecule has 5 heteroatoms. The highest BCUT2D eigenvalue weighted by Crippen LogP contribution is 2.26. The van der Waals surface area contributed by atoms with E-state index in [1.54, 1.807) is 19.5 Å². The SMILES string of the molecule is COc1ccc(C2=CCN(C(=O)Nc3cccc4cnccc34)CC2)cc1. The van der Waals surface area contributed by atoms with Crippen LogP contribution in [0, 0.1) is 0 Å². The van der Waals surface area contributed by atoms with Gasteiger partial charge in [-0.1, -0.05) is 30.3 Å². The number of carbonyl (C=O) groups excluding carboxylic acids is 1. The lowest BCUT2D eigenvalue weighted by molar-refractivity contribution is 0.217. The molecule has 2 aromatic carbocycles. The smallest absolute Gasteiger partial charge is 0.322 e. The molecule has 1 aromatic heterocycles. The van der Waals surface area contributed by atoms with Crippen LogP contribution in [0.3, 0.4) is 0 Å². The molecular weight excluding hydrogens is 338 g/mol. The fourth-order valence-electron chi connectivity index (χ4n) is 3.35. The molecule has 0 aliphatic carbocycles.